The van der Waals surface area contributed by atoms with E-state index in [0.29, 0.717) is 17.3 Å². The van der Waals surface area contributed by atoms with Gasteiger partial charge < -0.3 is 10.6 Å². The van der Waals surface area contributed by atoms with Gasteiger partial charge in [0.15, 0.2) is 9.84 Å². The minimum atomic E-state index is -3.33. The third-order valence-corrected chi connectivity index (χ3v) is 4.92. The van der Waals surface area contributed by atoms with Crippen LogP contribution in [0.4, 0.5) is 5.69 Å². The SMILES string of the molecule is CC1CNCC1C(=O)Nc1cc(S(C)(=O)=O)ccc1Cl. The molecule has 5 nitrogen and oxygen atoms in total. The molecule has 0 radical (unpaired) electrons. The van der Waals surface area contributed by atoms with Gasteiger partial charge in [-0.25, -0.2) is 8.42 Å². The molecule has 1 aromatic rings. The van der Waals surface area contributed by atoms with Crippen LogP contribution < -0.4 is 10.6 Å². The summed E-state index contributed by atoms with van der Waals surface area (Å²) in [5.41, 5.74) is 0.332. The van der Waals surface area contributed by atoms with E-state index in [1.165, 1.54) is 18.2 Å². The first-order valence-electron chi connectivity index (χ1n) is 6.30. The van der Waals surface area contributed by atoms with Crippen LogP contribution in [0.15, 0.2) is 23.1 Å². The Balaban J connectivity index is 2.22. The van der Waals surface area contributed by atoms with Crippen molar-refractivity contribution in [3.8, 4) is 0 Å². The highest BCUT2D eigenvalue weighted by atomic mass is 35.5. The first kappa shape index (κ1) is 15.3. The molecule has 1 saturated heterocycles. The summed E-state index contributed by atoms with van der Waals surface area (Å²) >= 11 is 6.01. The van der Waals surface area contributed by atoms with Gasteiger partial charge in [-0.15, -0.1) is 0 Å². The first-order valence-corrected chi connectivity index (χ1v) is 8.57. The highest BCUT2D eigenvalue weighted by Gasteiger charge is 2.29. The molecule has 1 heterocycles. The van der Waals surface area contributed by atoms with E-state index in [1.54, 1.807) is 0 Å². The van der Waals surface area contributed by atoms with Crippen LogP contribution in [0.5, 0.6) is 0 Å². The van der Waals surface area contributed by atoms with E-state index >= 15 is 0 Å². The fraction of sp³-hybridized carbons (Fsp3) is 0.462. The molecule has 0 saturated carbocycles. The van der Waals surface area contributed by atoms with Gasteiger partial charge in [-0.05, 0) is 30.7 Å². The Labute approximate surface area is 123 Å². The number of carbonyl (C=O) groups is 1. The average Bonchev–Trinajstić information content (AvgIpc) is 2.77. The largest absolute Gasteiger partial charge is 0.324 e. The molecule has 1 aliphatic heterocycles. The van der Waals surface area contributed by atoms with Crippen molar-refractivity contribution in [1.29, 1.82) is 0 Å². The van der Waals surface area contributed by atoms with Crippen LogP contribution in [-0.2, 0) is 14.6 Å². The molecule has 0 spiro atoms. The molecule has 1 fully saturated rings. The zero-order valence-corrected chi connectivity index (χ0v) is 12.9. The lowest BCUT2D eigenvalue weighted by atomic mass is 9.97. The van der Waals surface area contributed by atoms with Gasteiger partial charge >= 0.3 is 0 Å². The zero-order valence-electron chi connectivity index (χ0n) is 11.3. The summed E-state index contributed by atoms with van der Waals surface area (Å²) < 4.78 is 23.0. The van der Waals surface area contributed by atoms with E-state index < -0.39 is 9.84 Å². The lowest BCUT2D eigenvalue weighted by Crippen LogP contribution is -2.28. The fourth-order valence-electron chi connectivity index (χ4n) is 2.22. The van der Waals surface area contributed by atoms with Gasteiger partial charge in [-0.3, -0.25) is 4.79 Å². The van der Waals surface area contributed by atoms with E-state index in [0.717, 1.165) is 12.8 Å². The van der Waals surface area contributed by atoms with Crippen molar-refractivity contribution in [3.63, 3.8) is 0 Å². The Morgan fingerprint density at radius 1 is 1.40 bits per heavy atom. The van der Waals surface area contributed by atoms with Gasteiger partial charge in [-0.2, -0.15) is 0 Å². The van der Waals surface area contributed by atoms with Gasteiger partial charge in [0.1, 0.15) is 0 Å². The van der Waals surface area contributed by atoms with Crippen molar-refractivity contribution in [2.45, 2.75) is 11.8 Å². The molecular weight excluding hydrogens is 300 g/mol. The molecule has 0 aliphatic carbocycles. The lowest BCUT2D eigenvalue weighted by molar-refractivity contribution is -0.120. The zero-order chi connectivity index (χ0) is 14.9. The Morgan fingerprint density at radius 2 is 2.10 bits per heavy atom. The highest BCUT2D eigenvalue weighted by molar-refractivity contribution is 7.90. The number of carbonyl (C=O) groups excluding carboxylic acids is 1. The van der Waals surface area contributed by atoms with Crippen molar-refractivity contribution in [2.24, 2.45) is 11.8 Å². The van der Waals surface area contributed by atoms with E-state index in [-0.39, 0.29) is 22.6 Å². The van der Waals surface area contributed by atoms with Gasteiger partial charge in [0, 0.05) is 12.8 Å². The Kier molecular flexibility index (Phi) is 4.36. The van der Waals surface area contributed by atoms with Crippen molar-refractivity contribution >= 4 is 33.0 Å². The maximum Gasteiger partial charge on any atom is 0.229 e. The molecule has 7 heteroatoms. The number of halogens is 1. The smallest absolute Gasteiger partial charge is 0.229 e. The monoisotopic (exact) mass is 316 g/mol. The van der Waals surface area contributed by atoms with Crippen molar-refractivity contribution < 1.29 is 13.2 Å². The molecule has 0 bridgehead atoms. The molecule has 2 rings (SSSR count). The molecule has 2 unspecified atom stereocenters. The topological polar surface area (TPSA) is 75.3 Å². The first-order chi connectivity index (χ1) is 9.29. The summed E-state index contributed by atoms with van der Waals surface area (Å²) in [7, 11) is -3.33. The third-order valence-electron chi connectivity index (χ3n) is 3.48. The molecule has 1 aliphatic rings. The normalized spacial score (nSPS) is 22.8. The molecular formula is C13H17ClN2O3S. The van der Waals surface area contributed by atoms with Crippen LogP contribution in [0.25, 0.3) is 0 Å². The van der Waals surface area contributed by atoms with E-state index in [4.69, 9.17) is 11.6 Å². The third kappa shape index (κ3) is 3.31. The summed E-state index contributed by atoms with van der Waals surface area (Å²) in [6.07, 6.45) is 1.12. The van der Waals surface area contributed by atoms with Crippen LogP contribution in [-0.4, -0.2) is 33.7 Å². The second-order valence-corrected chi connectivity index (χ2v) is 7.57. The number of hydrogen-bond acceptors (Lipinski definition) is 4. The number of rotatable bonds is 3. The molecule has 1 aromatic carbocycles. The lowest BCUT2D eigenvalue weighted by Gasteiger charge is -2.15. The second-order valence-electron chi connectivity index (χ2n) is 5.15. The maximum absolute atomic E-state index is 12.2. The van der Waals surface area contributed by atoms with Crippen LogP contribution >= 0.6 is 11.6 Å². The quantitative estimate of drug-likeness (QED) is 0.887. The Bertz CT molecular complexity index is 631. The van der Waals surface area contributed by atoms with Crippen LogP contribution in [0.1, 0.15) is 6.92 Å². The van der Waals surface area contributed by atoms with Crippen molar-refractivity contribution in [1.82, 2.24) is 5.32 Å². The summed E-state index contributed by atoms with van der Waals surface area (Å²) in [5.74, 6) is -0.0325. The average molecular weight is 317 g/mol. The predicted octanol–water partition coefficient (Wildman–Crippen LogP) is 1.54. The van der Waals surface area contributed by atoms with E-state index in [1.807, 2.05) is 6.92 Å². The van der Waals surface area contributed by atoms with Crippen molar-refractivity contribution in [3.05, 3.63) is 23.2 Å². The standard InChI is InChI=1S/C13H17ClN2O3S/c1-8-6-15-7-10(8)13(17)16-12-5-9(20(2,18)19)3-4-11(12)14/h3-5,8,10,15H,6-7H2,1-2H3,(H,16,17). The summed E-state index contributed by atoms with van der Waals surface area (Å²) in [6, 6.07) is 4.29. The number of sulfone groups is 1. The second kappa shape index (κ2) is 5.71. The molecule has 20 heavy (non-hydrogen) atoms. The number of anilines is 1. The van der Waals surface area contributed by atoms with Gasteiger partial charge in [0.05, 0.1) is 21.5 Å². The minimum Gasteiger partial charge on any atom is -0.324 e. The molecule has 110 valence electrons. The van der Waals surface area contributed by atoms with Crippen LogP contribution in [0.2, 0.25) is 5.02 Å². The molecule has 1 amide bonds. The van der Waals surface area contributed by atoms with E-state index in [2.05, 4.69) is 10.6 Å². The highest BCUT2D eigenvalue weighted by Crippen LogP contribution is 2.27. The Hall–Kier alpha value is -1.11. The summed E-state index contributed by atoms with van der Waals surface area (Å²) in [4.78, 5) is 12.3. The predicted molar refractivity (Wildman–Crippen MR) is 78.7 cm³/mol. The summed E-state index contributed by atoms with van der Waals surface area (Å²) in [6.45, 7) is 3.42. The molecule has 2 N–H and O–H groups in total. The molecule has 2 atom stereocenters. The number of benzene rings is 1. The van der Waals surface area contributed by atoms with Gasteiger partial charge in [0.2, 0.25) is 5.91 Å². The number of nitrogens with one attached hydrogen (secondary N) is 2. The van der Waals surface area contributed by atoms with Gasteiger partial charge in [-0.1, -0.05) is 18.5 Å². The van der Waals surface area contributed by atoms with E-state index in [9.17, 15) is 13.2 Å². The molecule has 0 aromatic heterocycles. The van der Waals surface area contributed by atoms with Crippen molar-refractivity contribution in [2.75, 3.05) is 24.7 Å². The fourth-order valence-corrected chi connectivity index (χ4v) is 3.03. The number of hydrogen-bond donors (Lipinski definition) is 2. The number of amides is 1. The van der Waals surface area contributed by atoms with Gasteiger partial charge in [0.25, 0.3) is 0 Å². The minimum absolute atomic E-state index is 0.132. The van der Waals surface area contributed by atoms with Crippen LogP contribution in [0.3, 0.4) is 0 Å². The Morgan fingerprint density at radius 3 is 2.65 bits per heavy atom. The van der Waals surface area contributed by atoms with Crippen LogP contribution in [0, 0.1) is 11.8 Å². The summed E-state index contributed by atoms with van der Waals surface area (Å²) in [5, 5.41) is 6.19. The maximum atomic E-state index is 12.2.